The quantitative estimate of drug-likeness (QED) is 0.780. The van der Waals surface area contributed by atoms with Crippen molar-refractivity contribution in [3.05, 3.63) is 54.5 Å². The molecule has 0 aliphatic rings. The van der Waals surface area contributed by atoms with E-state index in [1.54, 1.807) is 30.3 Å². The summed E-state index contributed by atoms with van der Waals surface area (Å²) in [6.07, 6.45) is 2.94. The third kappa shape index (κ3) is 2.90. The zero-order valence-corrected chi connectivity index (χ0v) is 11.7. The first-order chi connectivity index (χ1) is 10.8. The first-order valence-electron chi connectivity index (χ1n) is 6.41. The number of ether oxygens (including phenoxy) is 1. The standard InChI is InChI=1S/C14H12N6O2/c1-22-13-6-5-10(8-15-13)14(21)17-11-3-2-4-12(7-11)20-9-16-18-19-20/h2-9H,1H3,(H,17,21). The van der Waals surface area contributed by atoms with Gasteiger partial charge >= 0.3 is 0 Å². The van der Waals surface area contributed by atoms with Gasteiger partial charge in [0, 0.05) is 18.0 Å². The first-order valence-corrected chi connectivity index (χ1v) is 6.41. The number of hydrogen-bond donors (Lipinski definition) is 1. The molecule has 0 fully saturated rings. The third-order valence-corrected chi connectivity index (χ3v) is 2.93. The number of amides is 1. The van der Waals surface area contributed by atoms with Crippen LogP contribution in [0.5, 0.6) is 5.88 Å². The van der Waals surface area contributed by atoms with Crippen molar-refractivity contribution < 1.29 is 9.53 Å². The largest absolute Gasteiger partial charge is 0.481 e. The minimum Gasteiger partial charge on any atom is -0.481 e. The maximum atomic E-state index is 12.2. The third-order valence-electron chi connectivity index (χ3n) is 2.93. The van der Waals surface area contributed by atoms with Crippen molar-refractivity contribution in [3.63, 3.8) is 0 Å². The van der Waals surface area contributed by atoms with Gasteiger partial charge in [-0.25, -0.2) is 9.67 Å². The fraction of sp³-hybridized carbons (Fsp3) is 0.0714. The van der Waals surface area contributed by atoms with E-state index in [9.17, 15) is 4.79 Å². The van der Waals surface area contributed by atoms with Crippen LogP contribution in [0.3, 0.4) is 0 Å². The van der Waals surface area contributed by atoms with Gasteiger partial charge in [-0.2, -0.15) is 0 Å². The molecule has 0 aliphatic carbocycles. The molecule has 0 radical (unpaired) electrons. The summed E-state index contributed by atoms with van der Waals surface area (Å²) in [5.74, 6) is 0.196. The number of carbonyl (C=O) groups is 1. The van der Waals surface area contributed by atoms with Gasteiger partial charge in [-0.1, -0.05) is 6.07 Å². The summed E-state index contributed by atoms with van der Waals surface area (Å²) in [6, 6.07) is 10.5. The highest BCUT2D eigenvalue weighted by atomic mass is 16.5. The van der Waals surface area contributed by atoms with Crippen LogP contribution in [0.1, 0.15) is 10.4 Å². The molecule has 8 heteroatoms. The highest BCUT2D eigenvalue weighted by Gasteiger charge is 2.08. The maximum Gasteiger partial charge on any atom is 0.257 e. The van der Waals surface area contributed by atoms with E-state index in [2.05, 4.69) is 25.8 Å². The van der Waals surface area contributed by atoms with Crippen LogP contribution in [0.25, 0.3) is 5.69 Å². The van der Waals surface area contributed by atoms with E-state index in [-0.39, 0.29) is 5.91 Å². The van der Waals surface area contributed by atoms with Crippen molar-refractivity contribution in [1.82, 2.24) is 25.2 Å². The van der Waals surface area contributed by atoms with Gasteiger partial charge < -0.3 is 10.1 Å². The predicted octanol–water partition coefficient (Wildman–Crippen LogP) is 1.32. The highest BCUT2D eigenvalue weighted by molar-refractivity contribution is 6.04. The number of hydrogen-bond acceptors (Lipinski definition) is 6. The Labute approximate surface area is 125 Å². The number of benzene rings is 1. The Morgan fingerprint density at radius 2 is 2.18 bits per heavy atom. The summed E-state index contributed by atoms with van der Waals surface area (Å²) in [7, 11) is 1.52. The fourth-order valence-corrected chi connectivity index (χ4v) is 1.84. The van der Waals surface area contributed by atoms with Gasteiger partial charge in [0.05, 0.1) is 18.4 Å². The second-order valence-electron chi connectivity index (χ2n) is 4.35. The second kappa shape index (κ2) is 6.00. The predicted molar refractivity (Wildman–Crippen MR) is 77.9 cm³/mol. The van der Waals surface area contributed by atoms with E-state index in [1.165, 1.54) is 24.3 Å². The smallest absolute Gasteiger partial charge is 0.257 e. The lowest BCUT2D eigenvalue weighted by Crippen LogP contribution is -2.12. The Balaban J connectivity index is 1.77. The molecule has 110 valence electrons. The molecule has 0 atom stereocenters. The molecule has 3 aromatic rings. The van der Waals surface area contributed by atoms with Crippen LogP contribution in [0.15, 0.2) is 48.9 Å². The zero-order valence-electron chi connectivity index (χ0n) is 11.7. The fourth-order valence-electron chi connectivity index (χ4n) is 1.84. The van der Waals surface area contributed by atoms with Crippen molar-refractivity contribution in [2.45, 2.75) is 0 Å². The molecule has 1 aromatic carbocycles. The van der Waals surface area contributed by atoms with E-state index in [0.29, 0.717) is 17.1 Å². The van der Waals surface area contributed by atoms with Gasteiger partial charge in [0.2, 0.25) is 5.88 Å². The topological polar surface area (TPSA) is 94.8 Å². The molecular formula is C14H12N6O2. The molecule has 2 aromatic heterocycles. The molecule has 8 nitrogen and oxygen atoms in total. The average molecular weight is 296 g/mol. The SMILES string of the molecule is COc1ccc(C(=O)Nc2cccc(-n3cnnn3)c2)cn1. The molecule has 22 heavy (non-hydrogen) atoms. The Hall–Kier alpha value is -3.29. The minimum absolute atomic E-state index is 0.260. The first kappa shape index (κ1) is 13.7. The number of anilines is 1. The lowest BCUT2D eigenvalue weighted by Gasteiger charge is -2.07. The highest BCUT2D eigenvalue weighted by Crippen LogP contribution is 2.15. The monoisotopic (exact) mass is 296 g/mol. The molecule has 0 bridgehead atoms. The second-order valence-corrected chi connectivity index (χ2v) is 4.35. The maximum absolute atomic E-state index is 12.2. The summed E-state index contributed by atoms with van der Waals surface area (Å²) >= 11 is 0. The van der Waals surface area contributed by atoms with Crippen molar-refractivity contribution in [2.75, 3.05) is 12.4 Å². The Morgan fingerprint density at radius 1 is 1.27 bits per heavy atom. The molecular weight excluding hydrogens is 284 g/mol. The Bertz CT molecular complexity index is 770. The normalized spacial score (nSPS) is 10.2. The van der Waals surface area contributed by atoms with Crippen LogP contribution in [0.4, 0.5) is 5.69 Å². The molecule has 0 unspecified atom stereocenters. The van der Waals surface area contributed by atoms with Crippen LogP contribution >= 0.6 is 0 Å². The number of carbonyl (C=O) groups excluding carboxylic acids is 1. The van der Waals surface area contributed by atoms with Crippen LogP contribution in [0, 0.1) is 0 Å². The lowest BCUT2D eigenvalue weighted by atomic mass is 10.2. The molecule has 2 heterocycles. The van der Waals surface area contributed by atoms with Gasteiger partial charge in [-0.05, 0) is 34.7 Å². The molecule has 0 saturated heterocycles. The van der Waals surface area contributed by atoms with Crippen LogP contribution in [-0.2, 0) is 0 Å². The van der Waals surface area contributed by atoms with E-state index in [4.69, 9.17) is 4.74 Å². The van der Waals surface area contributed by atoms with Crippen LogP contribution < -0.4 is 10.1 Å². The van der Waals surface area contributed by atoms with Crippen molar-refractivity contribution >= 4 is 11.6 Å². The number of rotatable bonds is 4. The van der Waals surface area contributed by atoms with Crippen LogP contribution in [0.2, 0.25) is 0 Å². The van der Waals surface area contributed by atoms with Crippen molar-refractivity contribution in [2.24, 2.45) is 0 Å². The number of pyridine rings is 1. The van der Waals surface area contributed by atoms with E-state index >= 15 is 0 Å². The summed E-state index contributed by atoms with van der Waals surface area (Å²) in [5, 5.41) is 13.8. The van der Waals surface area contributed by atoms with Gasteiger partial charge in [0.25, 0.3) is 5.91 Å². The number of tetrazole rings is 1. The summed E-state index contributed by atoms with van der Waals surface area (Å²) < 4.78 is 6.46. The Morgan fingerprint density at radius 3 is 2.86 bits per heavy atom. The molecule has 0 saturated carbocycles. The lowest BCUT2D eigenvalue weighted by molar-refractivity contribution is 0.102. The van der Waals surface area contributed by atoms with Gasteiger partial charge in [-0.15, -0.1) is 5.10 Å². The van der Waals surface area contributed by atoms with Gasteiger partial charge in [0.1, 0.15) is 6.33 Å². The number of nitrogens with one attached hydrogen (secondary N) is 1. The molecule has 3 rings (SSSR count). The van der Waals surface area contributed by atoms with Gasteiger partial charge in [-0.3, -0.25) is 4.79 Å². The summed E-state index contributed by atoms with van der Waals surface area (Å²) in [4.78, 5) is 16.2. The molecule has 0 aliphatic heterocycles. The Kier molecular flexibility index (Phi) is 3.73. The summed E-state index contributed by atoms with van der Waals surface area (Å²) in [6.45, 7) is 0. The zero-order chi connectivity index (χ0) is 15.4. The van der Waals surface area contributed by atoms with Crippen molar-refractivity contribution in [1.29, 1.82) is 0 Å². The average Bonchev–Trinajstić information content (AvgIpc) is 3.10. The number of methoxy groups -OCH3 is 1. The van der Waals surface area contributed by atoms with E-state index in [1.807, 2.05) is 6.07 Å². The minimum atomic E-state index is -0.260. The molecule has 1 N–H and O–H groups in total. The van der Waals surface area contributed by atoms with E-state index < -0.39 is 0 Å². The molecule has 1 amide bonds. The van der Waals surface area contributed by atoms with Gasteiger partial charge in [0.15, 0.2) is 0 Å². The van der Waals surface area contributed by atoms with E-state index in [0.717, 1.165) is 5.69 Å². The summed E-state index contributed by atoms with van der Waals surface area (Å²) in [5.41, 5.74) is 1.82. The van der Waals surface area contributed by atoms with Crippen LogP contribution in [-0.4, -0.2) is 38.2 Å². The molecule has 0 spiro atoms. The van der Waals surface area contributed by atoms with Crippen molar-refractivity contribution in [3.8, 4) is 11.6 Å². The number of nitrogens with zero attached hydrogens (tertiary/aromatic N) is 5. The number of aromatic nitrogens is 5.